The van der Waals surface area contributed by atoms with Gasteiger partial charge in [0.2, 0.25) is 0 Å². The maximum absolute atomic E-state index is 13.8. The molecule has 1 N–H and O–H groups in total. The fourth-order valence-electron chi connectivity index (χ4n) is 5.06. The highest BCUT2D eigenvalue weighted by molar-refractivity contribution is 5.83. The zero-order chi connectivity index (χ0) is 25.5. The van der Waals surface area contributed by atoms with Crippen LogP contribution in [0.3, 0.4) is 0 Å². The highest BCUT2D eigenvalue weighted by Gasteiger charge is 2.30. The summed E-state index contributed by atoms with van der Waals surface area (Å²) < 4.78 is 32.5. The Labute approximate surface area is 210 Å². The minimum atomic E-state index is -0.799. The average Bonchev–Trinajstić information content (AvgIpc) is 2.86. The quantitative estimate of drug-likeness (QED) is 0.432. The predicted molar refractivity (Wildman–Crippen MR) is 135 cm³/mol. The van der Waals surface area contributed by atoms with Crippen LogP contribution in [0.2, 0.25) is 0 Å². The number of aromatic nitrogens is 1. The number of hydrogen-bond acceptors (Lipinski definition) is 4. The van der Waals surface area contributed by atoms with Gasteiger partial charge in [-0.1, -0.05) is 11.8 Å². The van der Waals surface area contributed by atoms with E-state index in [1.165, 1.54) is 5.56 Å². The fraction of sp³-hybridized carbons (Fsp3) is 0.379. The number of aryl methyl sites for hydroxylation is 1. The van der Waals surface area contributed by atoms with Crippen molar-refractivity contribution in [2.75, 3.05) is 26.7 Å². The third kappa shape index (κ3) is 6.58. The Bertz CT molecular complexity index is 1280. The van der Waals surface area contributed by atoms with Gasteiger partial charge in [0, 0.05) is 24.5 Å². The second-order valence-electron chi connectivity index (χ2n) is 9.31. The molecule has 1 aliphatic rings. The third-order valence-electron chi connectivity index (χ3n) is 6.93. The van der Waals surface area contributed by atoms with Crippen molar-refractivity contribution in [3.8, 4) is 17.6 Å². The first-order valence-electron chi connectivity index (χ1n) is 12.2. The maximum atomic E-state index is 13.8. The monoisotopic (exact) mass is 492 g/mol. The lowest BCUT2D eigenvalue weighted by Crippen LogP contribution is -2.41. The molecule has 1 aromatic heterocycles. The van der Waals surface area contributed by atoms with Gasteiger partial charge in [0.25, 0.3) is 0 Å². The van der Waals surface area contributed by atoms with Crippen molar-refractivity contribution in [3.63, 3.8) is 0 Å². The number of benzene rings is 2. The first-order chi connectivity index (χ1) is 17.4. The molecule has 3 aromatic rings. The van der Waals surface area contributed by atoms with Crippen LogP contribution in [0.4, 0.5) is 8.78 Å². The molecule has 1 fully saturated rings. The molecule has 0 radical (unpaired) electrons. The summed E-state index contributed by atoms with van der Waals surface area (Å²) in [5, 5.41) is 10.6. The molecule has 4 rings (SSSR count). The Balaban J connectivity index is 1.36. The molecule has 0 amide bonds. The highest BCUT2D eigenvalue weighted by atomic mass is 19.1. The summed E-state index contributed by atoms with van der Waals surface area (Å²) >= 11 is 0. The number of ether oxygens (including phenoxy) is 1. The molecule has 1 aliphatic heterocycles. The topological polar surface area (TPSA) is 62.7 Å². The number of pyridine rings is 1. The molecular weight excluding hydrogens is 462 g/mol. The molecule has 0 aliphatic carbocycles. The lowest BCUT2D eigenvalue weighted by Gasteiger charge is -2.37. The van der Waals surface area contributed by atoms with Gasteiger partial charge >= 0.3 is 5.97 Å². The predicted octanol–water partition coefficient (Wildman–Crippen LogP) is 5.31. The number of fused-ring (bicyclic) bond motifs is 1. The second-order valence-corrected chi connectivity index (χ2v) is 9.31. The van der Waals surface area contributed by atoms with Crippen LogP contribution in [0.5, 0.6) is 5.75 Å². The van der Waals surface area contributed by atoms with E-state index < -0.39 is 17.6 Å². The Hall–Kier alpha value is -3.50. The molecule has 1 saturated heterocycles. The van der Waals surface area contributed by atoms with Crippen LogP contribution in [0.25, 0.3) is 10.9 Å². The van der Waals surface area contributed by atoms with Crippen molar-refractivity contribution >= 4 is 16.9 Å². The SMILES string of the molecule is COc1ccc2nccc(CCC[C@@H]3CCN(CC#Cc4cc(F)ccc4F)C[C@@H]3CC(=O)O)c2c1. The first-order valence-corrected chi connectivity index (χ1v) is 12.2. The number of methoxy groups -OCH3 is 1. The van der Waals surface area contributed by atoms with E-state index in [1.54, 1.807) is 7.11 Å². The van der Waals surface area contributed by atoms with Crippen LogP contribution in [-0.4, -0.2) is 47.7 Å². The number of hydrogen-bond donors (Lipinski definition) is 1. The van der Waals surface area contributed by atoms with E-state index in [4.69, 9.17) is 4.74 Å². The van der Waals surface area contributed by atoms with Crippen LogP contribution < -0.4 is 4.74 Å². The second kappa shape index (κ2) is 12.0. The highest BCUT2D eigenvalue weighted by Crippen LogP contribution is 2.31. The van der Waals surface area contributed by atoms with Crippen LogP contribution in [0.1, 0.15) is 36.8 Å². The number of aliphatic carboxylic acids is 1. The van der Waals surface area contributed by atoms with E-state index in [0.717, 1.165) is 67.1 Å². The van der Waals surface area contributed by atoms with Gasteiger partial charge in [0.05, 0.1) is 24.7 Å². The molecule has 2 atom stereocenters. The summed E-state index contributed by atoms with van der Waals surface area (Å²) in [4.78, 5) is 18.1. The molecule has 5 nitrogen and oxygen atoms in total. The molecule has 2 heterocycles. The lowest BCUT2D eigenvalue weighted by molar-refractivity contribution is -0.139. The Morgan fingerprint density at radius 1 is 1.19 bits per heavy atom. The summed E-state index contributed by atoms with van der Waals surface area (Å²) in [6.45, 7) is 1.83. The summed E-state index contributed by atoms with van der Waals surface area (Å²) in [5.74, 6) is 4.90. The van der Waals surface area contributed by atoms with E-state index in [2.05, 4.69) is 21.7 Å². The van der Waals surface area contributed by atoms with Gasteiger partial charge in [-0.3, -0.25) is 14.7 Å². The third-order valence-corrected chi connectivity index (χ3v) is 6.93. The number of rotatable bonds is 8. The number of halogens is 2. The minimum absolute atomic E-state index is 0.0261. The number of carboxylic acid groups (broad SMARTS) is 1. The van der Waals surface area contributed by atoms with E-state index in [0.29, 0.717) is 19.0 Å². The van der Waals surface area contributed by atoms with Crippen molar-refractivity contribution in [2.45, 2.75) is 32.1 Å². The number of nitrogens with zero attached hydrogens (tertiary/aromatic N) is 2. The standard InChI is InChI=1S/C29H30F2N2O3/c1-36-25-8-10-28-26(18-25)21(11-13-32-28)5-2-4-20-12-15-33(19-23(20)17-29(34)35)14-3-6-22-16-24(30)7-9-27(22)31/h7-11,13,16,18,20,23H,2,4-5,12,14-15,17,19H2,1H3,(H,34,35)/t20-,23+/m1/s1. The average molecular weight is 493 g/mol. The number of piperidine rings is 1. The zero-order valence-electron chi connectivity index (χ0n) is 20.3. The van der Waals surface area contributed by atoms with Gasteiger partial charge < -0.3 is 9.84 Å². The Morgan fingerprint density at radius 2 is 2.06 bits per heavy atom. The van der Waals surface area contributed by atoms with Crippen molar-refractivity contribution in [2.24, 2.45) is 11.8 Å². The fourth-order valence-corrected chi connectivity index (χ4v) is 5.06. The molecule has 0 bridgehead atoms. The molecular formula is C29H30F2N2O3. The van der Waals surface area contributed by atoms with Gasteiger partial charge in [-0.15, -0.1) is 0 Å². The summed E-state index contributed by atoms with van der Waals surface area (Å²) in [5.41, 5.74) is 2.18. The molecule has 188 valence electrons. The smallest absolute Gasteiger partial charge is 0.303 e. The maximum Gasteiger partial charge on any atom is 0.303 e. The molecule has 2 aromatic carbocycles. The van der Waals surface area contributed by atoms with Gasteiger partial charge in [-0.05, 0) is 92.1 Å². The Kier molecular flexibility index (Phi) is 8.50. The van der Waals surface area contributed by atoms with Crippen LogP contribution in [-0.2, 0) is 11.2 Å². The van der Waals surface area contributed by atoms with Crippen molar-refractivity contribution in [3.05, 3.63) is 71.4 Å². The van der Waals surface area contributed by atoms with Crippen LogP contribution >= 0.6 is 0 Å². The zero-order valence-corrected chi connectivity index (χ0v) is 20.3. The number of likely N-dealkylation sites (tertiary alicyclic amines) is 1. The van der Waals surface area contributed by atoms with E-state index in [1.807, 2.05) is 30.5 Å². The van der Waals surface area contributed by atoms with Gasteiger partial charge in [0.15, 0.2) is 0 Å². The van der Waals surface area contributed by atoms with Crippen molar-refractivity contribution < 1.29 is 23.4 Å². The van der Waals surface area contributed by atoms with Gasteiger partial charge in [-0.2, -0.15) is 0 Å². The van der Waals surface area contributed by atoms with Crippen LogP contribution in [0, 0.1) is 35.3 Å². The summed E-state index contributed by atoms with van der Waals surface area (Å²) in [6, 6.07) is 11.1. The molecule has 0 saturated carbocycles. The minimum Gasteiger partial charge on any atom is -0.497 e. The van der Waals surface area contributed by atoms with Gasteiger partial charge in [0.1, 0.15) is 17.4 Å². The number of carbonyl (C=O) groups is 1. The Morgan fingerprint density at radius 3 is 2.86 bits per heavy atom. The van der Waals surface area contributed by atoms with E-state index >= 15 is 0 Å². The summed E-state index contributed by atoms with van der Waals surface area (Å²) in [6.07, 6.45) is 5.61. The normalized spacial score (nSPS) is 18.0. The van der Waals surface area contributed by atoms with Crippen molar-refractivity contribution in [1.29, 1.82) is 0 Å². The molecule has 0 unspecified atom stereocenters. The molecule has 36 heavy (non-hydrogen) atoms. The van der Waals surface area contributed by atoms with Gasteiger partial charge in [-0.25, -0.2) is 8.78 Å². The van der Waals surface area contributed by atoms with Crippen molar-refractivity contribution in [1.82, 2.24) is 9.88 Å². The number of carboxylic acids is 1. The van der Waals surface area contributed by atoms with Crippen LogP contribution in [0.15, 0.2) is 48.7 Å². The molecule has 0 spiro atoms. The summed E-state index contributed by atoms with van der Waals surface area (Å²) in [7, 11) is 1.65. The van der Waals surface area contributed by atoms with E-state index in [-0.39, 0.29) is 17.9 Å². The lowest BCUT2D eigenvalue weighted by atomic mass is 9.80. The first kappa shape index (κ1) is 25.6. The van der Waals surface area contributed by atoms with E-state index in [9.17, 15) is 18.7 Å². The largest absolute Gasteiger partial charge is 0.497 e. The molecule has 7 heteroatoms.